The van der Waals surface area contributed by atoms with E-state index in [0.717, 1.165) is 19.3 Å². The van der Waals surface area contributed by atoms with E-state index in [1.165, 1.54) is 10.9 Å². The number of aromatic amines is 1. The highest BCUT2D eigenvalue weighted by atomic mass is 16.2. The number of H-pyrrole nitrogens is 1. The summed E-state index contributed by atoms with van der Waals surface area (Å²) in [7, 11) is 0. The minimum Gasteiger partial charge on any atom is -0.339 e. The number of hydrogen-bond acceptors (Lipinski definition) is 4. The van der Waals surface area contributed by atoms with Crippen LogP contribution in [0, 0.1) is 0 Å². The number of hydrogen-bond donors (Lipinski definition) is 1. The van der Waals surface area contributed by atoms with Crippen LogP contribution in [0.15, 0.2) is 15.9 Å². The SMILES string of the molecule is CCCCCn1c(=O)n(CCCCC(C)=O)c(=O)c2[nH]cnc21. The molecule has 7 nitrogen and oxygen atoms in total. The molecule has 0 saturated heterocycles. The van der Waals surface area contributed by atoms with E-state index in [1.807, 2.05) is 0 Å². The monoisotopic (exact) mass is 320 g/mol. The number of fused-ring (bicyclic) bond motifs is 1. The van der Waals surface area contributed by atoms with Gasteiger partial charge in [-0.05, 0) is 26.2 Å². The second-order valence-electron chi connectivity index (χ2n) is 5.86. The summed E-state index contributed by atoms with van der Waals surface area (Å²) in [6.07, 6.45) is 6.19. The van der Waals surface area contributed by atoms with Gasteiger partial charge in [0, 0.05) is 19.5 Å². The molecule has 0 aromatic carbocycles. The number of nitrogens with one attached hydrogen (secondary N) is 1. The highest BCUT2D eigenvalue weighted by Crippen LogP contribution is 2.05. The highest BCUT2D eigenvalue weighted by molar-refractivity contribution is 5.75. The summed E-state index contributed by atoms with van der Waals surface area (Å²) in [6.45, 7) is 4.53. The van der Waals surface area contributed by atoms with Gasteiger partial charge >= 0.3 is 5.69 Å². The van der Waals surface area contributed by atoms with Crippen molar-refractivity contribution in [2.45, 2.75) is 65.5 Å². The van der Waals surface area contributed by atoms with Crippen LogP contribution < -0.4 is 11.2 Å². The lowest BCUT2D eigenvalue weighted by Gasteiger charge is -2.11. The van der Waals surface area contributed by atoms with Crippen molar-refractivity contribution in [3.8, 4) is 0 Å². The van der Waals surface area contributed by atoms with Gasteiger partial charge in [-0.2, -0.15) is 0 Å². The second kappa shape index (κ2) is 7.89. The molecule has 126 valence electrons. The highest BCUT2D eigenvalue weighted by Gasteiger charge is 2.14. The van der Waals surface area contributed by atoms with Crippen LogP contribution in [-0.2, 0) is 17.9 Å². The standard InChI is InChI=1S/C16H24N4O3/c1-3-4-6-9-19-14-13(17-11-18-14)15(22)20(16(19)23)10-7-5-8-12(2)21/h11H,3-10H2,1-2H3,(H,17,18). The first-order valence-corrected chi connectivity index (χ1v) is 8.22. The molecular weight excluding hydrogens is 296 g/mol. The third-order valence-electron chi connectivity index (χ3n) is 3.94. The van der Waals surface area contributed by atoms with Crippen molar-refractivity contribution in [3.05, 3.63) is 27.2 Å². The zero-order chi connectivity index (χ0) is 16.8. The molecule has 0 spiro atoms. The molecule has 0 bridgehead atoms. The molecule has 0 saturated carbocycles. The van der Waals surface area contributed by atoms with Crippen molar-refractivity contribution in [1.82, 2.24) is 19.1 Å². The Bertz CT molecular complexity index is 785. The summed E-state index contributed by atoms with van der Waals surface area (Å²) in [6, 6.07) is 0. The molecule has 0 fully saturated rings. The predicted molar refractivity (Wildman–Crippen MR) is 88.7 cm³/mol. The lowest BCUT2D eigenvalue weighted by molar-refractivity contribution is -0.117. The molecular formula is C16H24N4O3. The van der Waals surface area contributed by atoms with Gasteiger partial charge in [-0.15, -0.1) is 0 Å². The molecule has 23 heavy (non-hydrogen) atoms. The lowest BCUT2D eigenvalue weighted by Crippen LogP contribution is -2.40. The van der Waals surface area contributed by atoms with Gasteiger partial charge in [-0.1, -0.05) is 19.8 Å². The van der Waals surface area contributed by atoms with Gasteiger partial charge in [0.15, 0.2) is 5.65 Å². The summed E-state index contributed by atoms with van der Waals surface area (Å²) in [5.74, 6) is 0.123. The molecule has 0 aliphatic heterocycles. The van der Waals surface area contributed by atoms with Crippen molar-refractivity contribution in [1.29, 1.82) is 0 Å². The normalized spacial score (nSPS) is 11.2. The Morgan fingerprint density at radius 2 is 1.83 bits per heavy atom. The summed E-state index contributed by atoms with van der Waals surface area (Å²) in [5, 5.41) is 0. The molecule has 2 rings (SSSR count). The largest absolute Gasteiger partial charge is 0.339 e. The van der Waals surface area contributed by atoms with E-state index in [2.05, 4.69) is 16.9 Å². The minimum atomic E-state index is -0.336. The lowest BCUT2D eigenvalue weighted by atomic mass is 10.2. The number of imidazole rings is 1. The van der Waals surface area contributed by atoms with Crippen LogP contribution in [-0.4, -0.2) is 24.9 Å². The number of nitrogens with zero attached hydrogens (tertiary/aromatic N) is 3. The summed E-state index contributed by atoms with van der Waals surface area (Å²) in [4.78, 5) is 43.0. The van der Waals surface area contributed by atoms with Gasteiger partial charge in [0.25, 0.3) is 5.56 Å². The summed E-state index contributed by atoms with van der Waals surface area (Å²) >= 11 is 0. The first kappa shape index (κ1) is 17.2. The first-order chi connectivity index (χ1) is 11.1. The van der Waals surface area contributed by atoms with Crippen LogP contribution in [0.5, 0.6) is 0 Å². The maximum absolute atomic E-state index is 12.6. The third-order valence-corrected chi connectivity index (χ3v) is 3.94. The van der Waals surface area contributed by atoms with E-state index < -0.39 is 0 Å². The summed E-state index contributed by atoms with van der Waals surface area (Å²) < 4.78 is 2.83. The number of ketones is 1. The Labute approximate surface area is 134 Å². The number of carbonyl (C=O) groups is 1. The smallest absolute Gasteiger partial charge is 0.332 e. The minimum absolute atomic E-state index is 0.123. The van der Waals surface area contributed by atoms with Gasteiger partial charge in [0.05, 0.1) is 6.33 Å². The van der Waals surface area contributed by atoms with Crippen LogP contribution in [0.4, 0.5) is 0 Å². The quantitative estimate of drug-likeness (QED) is 0.714. The Morgan fingerprint density at radius 3 is 2.52 bits per heavy atom. The number of Topliss-reactive ketones (excluding diaryl/α,β-unsaturated/α-hetero) is 1. The van der Waals surface area contributed by atoms with Crippen molar-refractivity contribution in [3.63, 3.8) is 0 Å². The van der Waals surface area contributed by atoms with E-state index in [0.29, 0.717) is 43.5 Å². The first-order valence-electron chi connectivity index (χ1n) is 8.22. The number of carbonyl (C=O) groups excluding carboxylic acids is 1. The topological polar surface area (TPSA) is 89.8 Å². The van der Waals surface area contributed by atoms with Crippen LogP contribution in [0.25, 0.3) is 11.2 Å². The fraction of sp³-hybridized carbons (Fsp3) is 0.625. The number of unbranched alkanes of at least 4 members (excludes halogenated alkanes) is 3. The fourth-order valence-corrected chi connectivity index (χ4v) is 2.67. The van der Waals surface area contributed by atoms with Crippen molar-refractivity contribution >= 4 is 16.9 Å². The van der Waals surface area contributed by atoms with Gasteiger partial charge in [-0.3, -0.25) is 13.9 Å². The molecule has 0 atom stereocenters. The molecule has 0 amide bonds. The van der Waals surface area contributed by atoms with E-state index in [1.54, 1.807) is 11.5 Å². The van der Waals surface area contributed by atoms with E-state index >= 15 is 0 Å². The molecule has 2 heterocycles. The average molecular weight is 320 g/mol. The molecule has 0 aliphatic rings. The van der Waals surface area contributed by atoms with E-state index in [-0.39, 0.29) is 17.0 Å². The molecule has 2 aromatic heterocycles. The van der Waals surface area contributed by atoms with Crippen molar-refractivity contribution in [2.75, 3.05) is 0 Å². The van der Waals surface area contributed by atoms with Crippen LogP contribution in [0.1, 0.15) is 52.4 Å². The fourth-order valence-electron chi connectivity index (χ4n) is 2.67. The predicted octanol–water partition coefficient (Wildman–Crippen LogP) is 1.84. The zero-order valence-electron chi connectivity index (χ0n) is 13.8. The number of aromatic nitrogens is 4. The van der Waals surface area contributed by atoms with Crippen LogP contribution in [0.3, 0.4) is 0 Å². The Kier molecular flexibility index (Phi) is 5.90. The molecule has 1 N–H and O–H groups in total. The van der Waals surface area contributed by atoms with Crippen LogP contribution in [0.2, 0.25) is 0 Å². The van der Waals surface area contributed by atoms with Gasteiger partial charge < -0.3 is 9.78 Å². The maximum atomic E-state index is 12.6. The van der Waals surface area contributed by atoms with Crippen molar-refractivity contribution < 1.29 is 4.79 Å². The maximum Gasteiger partial charge on any atom is 0.332 e. The van der Waals surface area contributed by atoms with Crippen molar-refractivity contribution in [2.24, 2.45) is 0 Å². The molecule has 0 aliphatic carbocycles. The third kappa shape index (κ3) is 3.97. The Morgan fingerprint density at radius 1 is 1.13 bits per heavy atom. The molecule has 2 aromatic rings. The summed E-state index contributed by atoms with van der Waals surface area (Å²) in [5.41, 5.74) is 0.148. The van der Waals surface area contributed by atoms with Gasteiger partial charge in [0.2, 0.25) is 0 Å². The second-order valence-corrected chi connectivity index (χ2v) is 5.86. The van der Waals surface area contributed by atoms with Gasteiger partial charge in [-0.25, -0.2) is 9.78 Å². The molecule has 0 unspecified atom stereocenters. The van der Waals surface area contributed by atoms with Gasteiger partial charge in [0.1, 0.15) is 11.3 Å². The number of aryl methyl sites for hydroxylation is 1. The number of rotatable bonds is 9. The Balaban J connectivity index is 2.30. The Hall–Kier alpha value is -2.18. The van der Waals surface area contributed by atoms with E-state index in [4.69, 9.17) is 0 Å². The molecule has 7 heteroatoms. The van der Waals surface area contributed by atoms with Crippen LogP contribution >= 0.6 is 0 Å². The molecule has 0 radical (unpaired) electrons. The zero-order valence-corrected chi connectivity index (χ0v) is 13.8. The average Bonchev–Trinajstić information content (AvgIpc) is 2.99. The van der Waals surface area contributed by atoms with E-state index in [9.17, 15) is 14.4 Å².